The monoisotopic (exact) mass is 274 g/mol. The summed E-state index contributed by atoms with van der Waals surface area (Å²) >= 11 is 0. The molecule has 2 aromatic carbocycles. The molecule has 3 heteroatoms. The van der Waals surface area contributed by atoms with Crippen molar-refractivity contribution in [3.8, 4) is 5.75 Å². The van der Waals surface area contributed by atoms with E-state index in [1.807, 2.05) is 54.6 Å². The standard InChI is InChI=1S/C15H16O2.C2H6O/c16-11-10-13-6-8-15(9-7-13)17-12-14-4-2-1-3-5-14;1-2-3/h1-9,16H,10-12H2;3H,2H2,1H3. The van der Waals surface area contributed by atoms with E-state index < -0.39 is 0 Å². The highest BCUT2D eigenvalue weighted by atomic mass is 16.5. The van der Waals surface area contributed by atoms with Gasteiger partial charge in [0.2, 0.25) is 0 Å². The van der Waals surface area contributed by atoms with E-state index in [0.29, 0.717) is 13.0 Å². The van der Waals surface area contributed by atoms with Gasteiger partial charge < -0.3 is 14.9 Å². The summed E-state index contributed by atoms with van der Waals surface area (Å²) in [6.45, 7) is 2.70. The lowest BCUT2D eigenvalue weighted by Crippen LogP contribution is -1.95. The molecule has 2 N–H and O–H groups in total. The fourth-order valence-corrected chi connectivity index (χ4v) is 1.62. The first-order chi connectivity index (χ1) is 9.80. The third-order valence-electron chi connectivity index (χ3n) is 2.57. The predicted octanol–water partition coefficient (Wildman–Crippen LogP) is 2.80. The molecule has 20 heavy (non-hydrogen) atoms. The van der Waals surface area contributed by atoms with E-state index >= 15 is 0 Å². The number of rotatable bonds is 5. The van der Waals surface area contributed by atoms with Gasteiger partial charge in [-0.15, -0.1) is 0 Å². The van der Waals surface area contributed by atoms with Crippen LogP contribution in [0.1, 0.15) is 18.1 Å². The van der Waals surface area contributed by atoms with Crippen LogP contribution in [0, 0.1) is 0 Å². The number of aliphatic hydroxyl groups excluding tert-OH is 2. The maximum absolute atomic E-state index is 8.81. The van der Waals surface area contributed by atoms with Gasteiger partial charge in [-0.3, -0.25) is 0 Å². The molecule has 0 aromatic heterocycles. The van der Waals surface area contributed by atoms with Crippen LogP contribution in [0.15, 0.2) is 54.6 Å². The van der Waals surface area contributed by atoms with Crippen LogP contribution in [0.2, 0.25) is 0 Å². The molecule has 2 rings (SSSR count). The smallest absolute Gasteiger partial charge is 0.119 e. The summed E-state index contributed by atoms with van der Waals surface area (Å²) < 4.78 is 5.66. The van der Waals surface area contributed by atoms with Crippen LogP contribution in [-0.4, -0.2) is 23.4 Å². The van der Waals surface area contributed by atoms with Gasteiger partial charge in [-0.1, -0.05) is 42.5 Å². The van der Waals surface area contributed by atoms with E-state index in [2.05, 4.69) is 0 Å². The van der Waals surface area contributed by atoms with Gasteiger partial charge in [0.05, 0.1) is 0 Å². The van der Waals surface area contributed by atoms with E-state index in [4.69, 9.17) is 14.9 Å². The predicted molar refractivity (Wildman–Crippen MR) is 80.8 cm³/mol. The SMILES string of the molecule is CCO.OCCc1ccc(OCc2ccccc2)cc1. The highest BCUT2D eigenvalue weighted by Crippen LogP contribution is 2.14. The normalized spacial score (nSPS) is 9.55. The molecule has 0 aliphatic rings. The van der Waals surface area contributed by atoms with Crippen LogP contribution in [0.5, 0.6) is 5.75 Å². The molecule has 0 unspecified atom stereocenters. The molecule has 0 saturated heterocycles. The first kappa shape index (κ1) is 16.2. The molecule has 2 aromatic rings. The topological polar surface area (TPSA) is 49.7 Å². The summed E-state index contributed by atoms with van der Waals surface area (Å²) in [6, 6.07) is 17.9. The molecule has 0 aliphatic heterocycles. The van der Waals surface area contributed by atoms with Crippen molar-refractivity contribution in [2.75, 3.05) is 13.2 Å². The van der Waals surface area contributed by atoms with Gasteiger partial charge in [0, 0.05) is 13.2 Å². The van der Waals surface area contributed by atoms with Crippen molar-refractivity contribution < 1.29 is 14.9 Å². The Labute approximate surface area is 120 Å². The van der Waals surface area contributed by atoms with Crippen molar-refractivity contribution in [2.24, 2.45) is 0 Å². The van der Waals surface area contributed by atoms with E-state index in [9.17, 15) is 0 Å². The third-order valence-corrected chi connectivity index (χ3v) is 2.57. The zero-order chi connectivity index (χ0) is 14.6. The molecular formula is C17H22O3. The lowest BCUT2D eigenvalue weighted by molar-refractivity contribution is 0.298. The Morgan fingerprint density at radius 3 is 2.00 bits per heavy atom. The summed E-state index contributed by atoms with van der Waals surface area (Å²) in [4.78, 5) is 0. The van der Waals surface area contributed by atoms with Crippen LogP contribution < -0.4 is 4.74 Å². The number of hydrogen-bond acceptors (Lipinski definition) is 3. The van der Waals surface area contributed by atoms with Gasteiger partial charge in [0.1, 0.15) is 12.4 Å². The lowest BCUT2D eigenvalue weighted by atomic mass is 10.1. The average molecular weight is 274 g/mol. The first-order valence-electron chi connectivity index (χ1n) is 6.77. The minimum atomic E-state index is 0.185. The summed E-state index contributed by atoms with van der Waals surface area (Å²) in [5, 5.41) is 16.4. The molecule has 0 fully saturated rings. The molecule has 0 radical (unpaired) electrons. The number of hydrogen-bond donors (Lipinski definition) is 2. The Morgan fingerprint density at radius 2 is 1.45 bits per heavy atom. The molecule has 0 spiro atoms. The molecule has 0 heterocycles. The Kier molecular flexibility index (Phi) is 8.11. The van der Waals surface area contributed by atoms with Crippen LogP contribution in [0.25, 0.3) is 0 Å². The van der Waals surface area contributed by atoms with Gasteiger partial charge in [-0.25, -0.2) is 0 Å². The van der Waals surface area contributed by atoms with Gasteiger partial charge in [0.25, 0.3) is 0 Å². The third kappa shape index (κ3) is 6.36. The number of aliphatic hydroxyl groups is 2. The van der Waals surface area contributed by atoms with Crippen molar-refractivity contribution in [1.29, 1.82) is 0 Å². The van der Waals surface area contributed by atoms with Gasteiger partial charge in [-0.2, -0.15) is 0 Å². The van der Waals surface area contributed by atoms with Crippen molar-refractivity contribution >= 4 is 0 Å². The quantitative estimate of drug-likeness (QED) is 0.881. The zero-order valence-corrected chi connectivity index (χ0v) is 11.8. The fraction of sp³-hybridized carbons (Fsp3) is 0.294. The van der Waals surface area contributed by atoms with E-state index in [1.165, 1.54) is 0 Å². The maximum atomic E-state index is 8.81. The zero-order valence-electron chi connectivity index (χ0n) is 11.8. The van der Waals surface area contributed by atoms with Crippen LogP contribution in [-0.2, 0) is 13.0 Å². The van der Waals surface area contributed by atoms with E-state index in [1.54, 1.807) is 6.92 Å². The molecule has 108 valence electrons. The van der Waals surface area contributed by atoms with Crippen LogP contribution in [0.4, 0.5) is 0 Å². The Morgan fingerprint density at radius 1 is 0.850 bits per heavy atom. The molecule has 3 nitrogen and oxygen atoms in total. The van der Waals surface area contributed by atoms with Crippen LogP contribution >= 0.6 is 0 Å². The largest absolute Gasteiger partial charge is 0.489 e. The molecule has 0 saturated carbocycles. The summed E-state index contributed by atoms with van der Waals surface area (Å²) in [5.41, 5.74) is 2.28. The Hall–Kier alpha value is -1.84. The molecule has 0 atom stereocenters. The summed E-state index contributed by atoms with van der Waals surface area (Å²) in [5.74, 6) is 0.857. The highest BCUT2D eigenvalue weighted by Gasteiger charge is 1.96. The van der Waals surface area contributed by atoms with Crippen LogP contribution in [0.3, 0.4) is 0 Å². The second kappa shape index (κ2) is 10.0. The Bertz CT molecular complexity index is 451. The highest BCUT2D eigenvalue weighted by molar-refractivity contribution is 5.27. The second-order valence-corrected chi connectivity index (χ2v) is 4.21. The minimum absolute atomic E-state index is 0.185. The van der Waals surface area contributed by atoms with E-state index in [-0.39, 0.29) is 13.2 Å². The Balaban J connectivity index is 0.000000612. The molecule has 0 bridgehead atoms. The van der Waals surface area contributed by atoms with Gasteiger partial charge in [-0.05, 0) is 36.6 Å². The first-order valence-corrected chi connectivity index (χ1v) is 6.77. The van der Waals surface area contributed by atoms with Crippen molar-refractivity contribution in [3.05, 3.63) is 65.7 Å². The average Bonchev–Trinajstić information content (AvgIpc) is 2.49. The summed E-state index contributed by atoms with van der Waals surface area (Å²) in [7, 11) is 0. The number of benzene rings is 2. The molecule has 0 amide bonds. The van der Waals surface area contributed by atoms with Crippen molar-refractivity contribution in [1.82, 2.24) is 0 Å². The minimum Gasteiger partial charge on any atom is -0.489 e. The van der Waals surface area contributed by atoms with Gasteiger partial charge in [0.15, 0.2) is 0 Å². The van der Waals surface area contributed by atoms with Crippen molar-refractivity contribution in [3.63, 3.8) is 0 Å². The lowest BCUT2D eigenvalue weighted by Gasteiger charge is -2.06. The maximum Gasteiger partial charge on any atom is 0.119 e. The molecule has 0 aliphatic carbocycles. The van der Waals surface area contributed by atoms with E-state index in [0.717, 1.165) is 16.9 Å². The van der Waals surface area contributed by atoms with Crippen molar-refractivity contribution in [2.45, 2.75) is 20.0 Å². The number of ether oxygens (including phenoxy) is 1. The molecular weight excluding hydrogens is 252 g/mol. The fourth-order valence-electron chi connectivity index (χ4n) is 1.62. The van der Waals surface area contributed by atoms with Gasteiger partial charge >= 0.3 is 0 Å². The summed E-state index contributed by atoms with van der Waals surface area (Å²) in [6.07, 6.45) is 0.693. The second-order valence-electron chi connectivity index (χ2n) is 4.21.